The third kappa shape index (κ3) is 3.72. The molecule has 0 aliphatic heterocycles. The van der Waals surface area contributed by atoms with Crippen molar-refractivity contribution in [2.45, 2.75) is 32.7 Å². The Morgan fingerprint density at radius 3 is 2.09 bits per heavy atom. The third-order valence-corrected chi connectivity index (χ3v) is 3.32. The standard InChI is InChI=1S/C14H19N3O5/c1-3-8(4-2)12(18)17(11(13(19)20)14(21)22)10-6-5-9(15)7-16-10/h5-8,11H,3-4,15H2,1-2H3,(H,19,20)(H,21,22). The van der Waals surface area contributed by atoms with Crippen molar-refractivity contribution in [1.82, 2.24) is 4.98 Å². The number of aromatic nitrogens is 1. The largest absolute Gasteiger partial charge is 0.479 e. The van der Waals surface area contributed by atoms with Gasteiger partial charge in [-0.3, -0.25) is 9.69 Å². The Bertz CT molecular complexity index is 540. The van der Waals surface area contributed by atoms with Gasteiger partial charge in [0, 0.05) is 5.92 Å². The third-order valence-electron chi connectivity index (χ3n) is 3.32. The highest BCUT2D eigenvalue weighted by molar-refractivity contribution is 6.09. The van der Waals surface area contributed by atoms with Crippen LogP contribution in [0.1, 0.15) is 26.7 Å². The summed E-state index contributed by atoms with van der Waals surface area (Å²) in [4.78, 5) is 39.8. The number of nitrogen functional groups attached to an aromatic ring is 1. The van der Waals surface area contributed by atoms with Crippen LogP contribution in [-0.4, -0.2) is 39.1 Å². The molecule has 0 fully saturated rings. The zero-order chi connectivity index (χ0) is 16.9. The van der Waals surface area contributed by atoms with Gasteiger partial charge < -0.3 is 15.9 Å². The molecule has 22 heavy (non-hydrogen) atoms. The highest BCUT2D eigenvalue weighted by Gasteiger charge is 2.39. The molecule has 8 nitrogen and oxygen atoms in total. The Labute approximate surface area is 127 Å². The summed E-state index contributed by atoms with van der Waals surface area (Å²) in [5, 5.41) is 18.4. The van der Waals surface area contributed by atoms with Crippen molar-refractivity contribution in [1.29, 1.82) is 0 Å². The van der Waals surface area contributed by atoms with E-state index in [4.69, 9.17) is 5.73 Å². The second-order valence-corrected chi connectivity index (χ2v) is 4.75. The summed E-state index contributed by atoms with van der Waals surface area (Å²) in [5.41, 5.74) is 5.83. The minimum atomic E-state index is -2.04. The number of hydrogen-bond donors (Lipinski definition) is 3. The molecule has 1 aromatic rings. The fourth-order valence-corrected chi connectivity index (χ4v) is 2.07. The zero-order valence-corrected chi connectivity index (χ0v) is 12.4. The highest BCUT2D eigenvalue weighted by Crippen LogP contribution is 2.22. The first-order valence-corrected chi connectivity index (χ1v) is 6.83. The second-order valence-electron chi connectivity index (χ2n) is 4.75. The molecule has 0 atom stereocenters. The number of pyridine rings is 1. The Kier molecular flexibility index (Phi) is 5.85. The van der Waals surface area contributed by atoms with E-state index in [2.05, 4.69) is 4.98 Å². The molecule has 1 heterocycles. The van der Waals surface area contributed by atoms with Gasteiger partial charge in [0.15, 0.2) is 0 Å². The number of anilines is 2. The van der Waals surface area contributed by atoms with E-state index < -0.39 is 29.8 Å². The first-order chi connectivity index (χ1) is 10.3. The van der Waals surface area contributed by atoms with Crippen LogP contribution >= 0.6 is 0 Å². The van der Waals surface area contributed by atoms with E-state index in [1.807, 2.05) is 0 Å². The van der Waals surface area contributed by atoms with Crippen LogP contribution in [0.4, 0.5) is 11.5 Å². The normalized spacial score (nSPS) is 10.7. The predicted molar refractivity (Wildman–Crippen MR) is 79.3 cm³/mol. The van der Waals surface area contributed by atoms with E-state index >= 15 is 0 Å². The zero-order valence-electron chi connectivity index (χ0n) is 12.4. The van der Waals surface area contributed by atoms with Crippen LogP contribution < -0.4 is 10.6 Å². The number of carboxylic acids is 2. The van der Waals surface area contributed by atoms with Gasteiger partial charge in [0.25, 0.3) is 0 Å². The van der Waals surface area contributed by atoms with E-state index in [9.17, 15) is 24.6 Å². The van der Waals surface area contributed by atoms with Crippen molar-refractivity contribution < 1.29 is 24.6 Å². The molecule has 0 saturated heterocycles. The lowest BCUT2D eigenvalue weighted by molar-refractivity contribution is -0.151. The van der Waals surface area contributed by atoms with Crippen LogP contribution in [0.15, 0.2) is 18.3 Å². The number of hydrogen-bond acceptors (Lipinski definition) is 5. The van der Waals surface area contributed by atoms with Crippen molar-refractivity contribution >= 4 is 29.4 Å². The first-order valence-electron chi connectivity index (χ1n) is 6.83. The number of carboxylic acid groups (broad SMARTS) is 2. The molecule has 0 saturated carbocycles. The summed E-state index contributed by atoms with van der Waals surface area (Å²) in [6.45, 7) is 3.55. The molecule has 8 heteroatoms. The van der Waals surface area contributed by atoms with Crippen molar-refractivity contribution in [3.8, 4) is 0 Å². The summed E-state index contributed by atoms with van der Waals surface area (Å²) < 4.78 is 0. The number of aliphatic carboxylic acids is 2. The number of nitrogens with two attached hydrogens (primary N) is 1. The quantitative estimate of drug-likeness (QED) is 0.639. The SMILES string of the molecule is CCC(CC)C(=O)N(c1ccc(N)cn1)C(C(=O)O)C(=O)O. The van der Waals surface area contributed by atoms with Crippen LogP contribution in [-0.2, 0) is 14.4 Å². The van der Waals surface area contributed by atoms with Gasteiger partial charge in [-0.1, -0.05) is 13.8 Å². The number of nitrogens with zero attached hydrogens (tertiary/aromatic N) is 2. The average Bonchev–Trinajstić information content (AvgIpc) is 2.46. The molecule has 4 N–H and O–H groups in total. The molecule has 0 unspecified atom stereocenters. The summed E-state index contributed by atoms with van der Waals surface area (Å²) >= 11 is 0. The molecule has 0 aliphatic carbocycles. The highest BCUT2D eigenvalue weighted by atomic mass is 16.4. The van der Waals surface area contributed by atoms with Crippen LogP contribution in [0, 0.1) is 5.92 Å². The molecule has 0 aromatic carbocycles. The fourth-order valence-electron chi connectivity index (χ4n) is 2.07. The van der Waals surface area contributed by atoms with Gasteiger partial charge in [0.1, 0.15) is 5.82 Å². The van der Waals surface area contributed by atoms with Crippen molar-refractivity contribution in [2.24, 2.45) is 5.92 Å². The van der Waals surface area contributed by atoms with Gasteiger partial charge in [-0.05, 0) is 25.0 Å². The van der Waals surface area contributed by atoms with Crippen molar-refractivity contribution in [2.75, 3.05) is 10.6 Å². The summed E-state index contributed by atoms with van der Waals surface area (Å²) in [5.74, 6) is -4.39. The van der Waals surface area contributed by atoms with Crippen LogP contribution in [0.5, 0.6) is 0 Å². The molecule has 0 bridgehead atoms. The Morgan fingerprint density at radius 1 is 1.18 bits per heavy atom. The molecule has 120 valence electrons. The summed E-state index contributed by atoms with van der Waals surface area (Å²) in [7, 11) is 0. The van der Waals surface area contributed by atoms with Crippen LogP contribution in [0.3, 0.4) is 0 Å². The lowest BCUT2D eigenvalue weighted by Gasteiger charge is -2.28. The minimum Gasteiger partial charge on any atom is -0.479 e. The maximum Gasteiger partial charge on any atom is 0.338 e. The van der Waals surface area contributed by atoms with Gasteiger partial charge >= 0.3 is 11.9 Å². The molecule has 0 aliphatic rings. The van der Waals surface area contributed by atoms with Crippen molar-refractivity contribution in [3.05, 3.63) is 18.3 Å². The van der Waals surface area contributed by atoms with Gasteiger partial charge in [0.2, 0.25) is 11.9 Å². The number of carbonyl (C=O) groups excluding carboxylic acids is 1. The number of rotatable bonds is 7. The molecule has 1 aromatic heterocycles. The number of carbonyl (C=O) groups is 3. The molecule has 1 rings (SSSR count). The van der Waals surface area contributed by atoms with Crippen LogP contribution in [0.2, 0.25) is 0 Å². The summed E-state index contributed by atoms with van der Waals surface area (Å²) in [6.07, 6.45) is 2.17. The van der Waals surface area contributed by atoms with E-state index in [0.717, 1.165) is 0 Å². The average molecular weight is 309 g/mol. The molecule has 0 spiro atoms. The molecular formula is C14H19N3O5. The van der Waals surface area contributed by atoms with E-state index in [0.29, 0.717) is 23.4 Å². The van der Waals surface area contributed by atoms with E-state index in [-0.39, 0.29) is 5.82 Å². The Balaban J connectivity index is 3.37. The van der Waals surface area contributed by atoms with Gasteiger partial charge in [-0.15, -0.1) is 0 Å². The van der Waals surface area contributed by atoms with Crippen LogP contribution in [0.25, 0.3) is 0 Å². The predicted octanol–water partition coefficient (Wildman–Crippen LogP) is 0.971. The first kappa shape index (κ1) is 17.4. The smallest absolute Gasteiger partial charge is 0.338 e. The molecule has 1 amide bonds. The maximum absolute atomic E-state index is 12.6. The molecule has 0 radical (unpaired) electrons. The van der Waals surface area contributed by atoms with E-state index in [1.54, 1.807) is 13.8 Å². The van der Waals surface area contributed by atoms with Crippen molar-refractivity contribution in [3.63, 3.8) is 0 Å². The van der Waals surface area contributed by atoms with Gasteiger partial charge in [0.05, 0.1) is 11.9 Å². The maximum atomic E-state index is 12.6. The lowest BCUT2D eigenvalue weighted by atomic mass is 10.0. The van der Waals surface area contributed by atoms with Gasteiger partial charge in [-0.25, -0.2) is 14.6 Å². The Morgan fingerprint density at radius 2 is 1.73 bits per heavy atom. The monoisotopic (exact) mass is 309 g/mol. The second kappa shape index (κ2) is 7.39. The topological polar surface area (TPSA) is 134 Å². The minimum absolute atomic E-state index is 0.0547. The number of amides is 1. The van der Waals surface area contributed by atoms with Gasteiger partial charge in [-0.2, -0.15) is 0 Å². The van der Waals surface area contributed by atoms with E-state index in [1.165, 1.54) is 18.3 Å². The Hall–Kier alpha value is -2.64. The molecular weight excluding hydrogens is 290 g/mol. The fraction of sp³-hybridized carbons (Fsp3) is 0.429. The summed E-state index contributed by atoms with van der Waals surface area (Å²) in [6, 6.07) is 0.717. The lowest BCUT2D eigenvalue weighted by Crippen LogP contribution is -2.52.